The second kappa shape index (κ2) is 8.59. The number of amides is 1. The number of aryl methyl sites for hydroxylation is 2. The number of likely N-dealkylation sites (tertiary alicyclic amines) is 1. The molecule has 1 aromatic rings. The fraction of sp³-hybridized carbons (Fsp3) is 0.611. The first-order valence-electron chi connectivity index (χ1n) is 8.28. The maximum Gasteiger partial charge on any atom is 0.220 e. The summed E-state index contributed by atoms with van der Waals surface area (Å²) in [5, 5.41) is 3.16. The molecule has 0 radical (unpaired) electrons. The van der Waals surface area contributed by atoms with Crippen LogP contribution in [-0.2, 0) is 11.3 Å². The van der Waals surface area contributed by atoms with Gasteiger partial charge in [0.15, 0.2) is 0 Å². The summed E-state index contributed by atoms with van der Waals surface area (Å²) in [5.41, 5.74) is 4.21. The zero-order valence-electron chi connectivity index (χ0n) is 13.8. The van der Waals surface area contributed by atoms with Gasteiger partial charge < -0.3 is 5.32 Å². The van der Waals surface area contributed by atoms with Crippen molar-refractivity contribution in [3.05, 3.63) is 34.9 Å². The third-order valence-electron chi connectivity index (χ3n) is 4.54. The Morgan fingerprint density at radius 2 is 1.91 bits per heavy atom. The highest BCUT2D eigenvalue weighted by Gasteiger charge is 2.21. The second-order valence-corrected chi connectivity index (χ2v) is 6.76. The van der Waals surface area contributed by atoms with Gasteiger partial charge in [0.25, 0.3) is 0 Å². The van der Waals surface area contributed by atoms with E-state index in [-0.39, 0.29) is 5.91 Å². The number of benzene rings is 1. The van der Waals surface area contributed by atoms with Crippen molar-refractivity contribution >= 4 is 18.5 Å². The fourth-order valence-electron chi connectivity index (χ4n) is 3.10. The third-order valence-corrected chi connectivity index (χ3v) is 4.86. The molecule has 2 rings (SSSR count). The lowest BCUT2D eigenvalue weighted by atomic mass is 10.00. The van der Waals surface area contributed by atoms with E-state index in [0.29, 0.717) is 12.5 Å². The van der Waals surface area contributed by atoms with Crippen LogP contribution in [0.4, 0.5) is 0 Å². The van der Waals surface area contributed by atoms with Crippen LogP contribution in [0.25, 0.3) is 0 Å². The van der Waals surface area contributed by atoms with Gasteiger partial charge in [-0.1, -0.05) is 18.2 Å². The van der Waals surface area contributed by atoms with Gasteiger partial charge in [-0.15, -0.1) is 0 Å². The van der Waals surface area contributed by atoms with E-state index in [1.54, 1.807) is 0 Å². The van der Waals surface area contributed by atoms with E-state index in [1.807, 2.05) is 0 Å². The van der Waals surface area contributed by atoms with Crippen LogP contribution in [0.15, 0.2) is 18.2 Å². The van der Waals surface area contributed by atoms with E-state index in [2.05, 4.69) is 54.9 Å². The molecule has 122 valence electrons. The molecule has 1 amide bonds. The smallest absolute Gasteiger partial charge is 0.220 e. The van der Waals surface area contributed by atoms with Crippen LogP contribution in [0.3, 0.4) is 0 Å². The molecule has 1 saturated heterocycles. The Bertz CT molecular complexity index is 476. The number of hydrogen-bond acceptors (Lipinski definition) is 3. The Kier molecular flexibility index (Phi) is 6.77. The summed E-state index contributed by atoms with van der Waals surface area (Å²) in [6, 6.07) is 6.86. The molecule has 0 saturated carbocycles. The summed E-state index contributed by atoms with van der Waals surface area (Å²) < 4.78 is 0. The summed E-state index contributed by atoms with van der Waals surface area (Å²) in [6.07, 6.45) is 3.57. The number of piperidine rings is 1. The molecule has 0 bridgehead atoms. The summed E-state index contributed by atoms with van der Waals surface area (Å²) in [4.78, 5) is 14.3. The number of nitrogens with one attached hydrogen (secondary N) is 1. The van der Waals surface area contributed by atoms with Crippen molar-refractivity contribution in [2.24, 2.45) is 0 Å². The number of rotatable bonds is 6. The first-order valence-corrected chi connectivity index (χ1v) is 8.91. The third kappa shape index (κ3) is 5.03. The average Bonchev–Trinajstić information content (AvgIpc) is 2.51. The molecule has 22 heavy (non-hydrogen) atoms. The Morgan fingerprint density at radius 1 is 1.27 bits per heavy atom. The lowest BCUT2D eigenvalue weighted by molar-refractivity contribution is -0.122. The first-order chi connectivity index (χ1) is 10.6. The molecule has 0 spiro atoms. The molecule has 0 atom stereocenters. The number of carbonyl (C=O) groups excluding carboxylic acids is 1. The van der Waals surface area contributed by atoms with E-state index < -0.39 is 0 Å². The SMILES string of the molecule is Cc1cccc(C)c1CN1CCC(NC(=O)CCCS)CC1. The van der Waals surface area contributed by atoms with Crippen LogP contribution in [0.2, 0.25) is 0 Å². The minimum Gasteiger partial charge on any atom is -0.353 e. The van der Waals surface area contributed by atoms with Gasteiger partial charge in [0.2, 0.25) is 5.91 Å². The summed E-state index contributed by atoms with van der Waals surface area (Å²) >= 11 is 4.15. The van der Waals surface area contributed by atoms with E-state index in [4.69, 9.17) is 0 Å². The van der Waals surface area contributed by atoms with Crippen molar-refractivity contribution in [1.82, 2.24) is 10.2 Å². The highest BCUT2D eigenvalue weighted by atomic mass is 32.1. The van der Waals surface area contributed by atoms with Gasteiger partial charge in [0, 0.05) is 32.1 Å². The van der Waals surface area contributed by atoms with Crippen molar-refractivity contribution in [2.45, 2.75) is 52.1 Å². The van der Waals surface area contributed by atoms with Crippen LogP contribution in [-0.4, -0.2) is 35.7 Å². The average molecular weight is 321 g/mol. The second-order valence-electron chi connectivity index (χ2n) is 6.32. The van der Waals surface area contributed by atoms with Crippen LogP contribution in [0.1, 0.15) is 42.4 Å². The molecule has 0 aliphatic carbocycles. The molecule has 1 aliphatic heterocycles. The van der Waals surface area contributed by atoms with Crippen LogP contribution in [0.5, 0.6) is 0 Å². The van der Waals surface area contributed by atoms with Crippen molar-refractivity contribution in [3.63, 3.8) is 0 Å². The quantitative estimate of drug-likeness (QED) is 0.790. The maximum absolute atomic E-state index is 11.8. The monoisotopic (exact) mass is 320 g/mol. The number of nitrogens with zero attached hydrogens (tertiary/aromatic N) is 1. The highest BCUT2D eigenvalue weighted by Crippen LogP contribution is 2.19. The zero-order chi connectivity index (χ0) is 15.9. The molecule has 1 fully saturated rings. The largest absolute Gasteiger partial charge is 0.353 e. The van der Waals surface area contributed by atoms with E-state index in [1.165, 1.54) is 16.7 Å². The Hall–Kier alpha value is -1.000. The van der Waals surface area contributed by atoms with E-state index >= 15 is 0 Å². The highest BCUT2D eigenvalue weighted by molar-refractivity contribution is 7.80. The number of thiol groups is 1. The summed E-state index contributed by atoms with van der Waals surface area (Å²) in [7, 11) is 0. The normalized spacial score (nSPS) is 16.7. The topological polar surface area (TPSA) is 32.3 Å². The molecular weight excluding hydrogens is 292 g/mol. The number of carbonyl (C=O) groups is 1. The lowest BCUT2D eigenvalue weighted by Gasteiger charge is -2.33. The maximum atomic E-state index is 11.8. The van der Waals surface area contributed by atoms with Gasteiger partial charge in [0.05, 0.1) is 0 Å². The van der Waals surface area contributed by atoms with Crippen LogP contribution >= 0.6 is 12.6 Å². The zero-order valence-corrected chi connectivity index (χ0v) is 14.7. The molecule has 1 N–H and O–H groups in total. The van der Waals surface area contributed by atoms with Gasteiger partial charge >= 0.3 is 0 Å². The molecule has 0 aromatic heterocycles. The summed E-state index contributed by atoms with van der Waals surface area (Å²) in [6.45, 7) is 7.53. The molecule has 0 unspecified atom stereocenters. The molecule has 3 nitrogen and oxygen atoms in total. The van der Waals surface area contributed by atoms with E-state index in [0.717, 1.165) is 44.6 Å². The van der Waals surface area contributed by atoms with Gasteiger partial charge in [-0.05, 0) is 55.6 Å². The van der Waals surface area contributed by atoms with Crippen molar-refractivity contribution < 1.29 is 4.79 Å². The van der Waals surface area contributed by atoms with Crippen LogP contribution in [0, 0.1) is 13.8 Å². The fourth-order valence-corrected chi connectivity index (χ4v) is 3.25. The molecule has 4 heteroatoms. The Morgan fingerprint density at radius 3 is 2.50 bits per heavy atom. The van der Waals surface area contributed by atoms with Gasteiger partial charge in [-0.3, -0.25) is 9.69 Å². The standard InChI is InChI=1S/C18H28N2OS/c1-14-5-3-6-15(2)17(14)13-20-10-8-16(9-11-20)19-18(21)7-4-12-22/h3,5-6,16,22H,4,7-13H2,1-2H3,(H,19,21). The van der Waals surface area contributed by atoms with Crippen molar-refractivity contribution in [1.29, 1.82) is 0 Å². The molecular formula is C18H28N2OS. The minimum absolute atomic E-state index is 0.183. The van der Waals surface area contributed by atoms with Crippen LogP contribution < -0.4 is 5.32 Å². The number of hydrogen-bond donors (Lipinski definition) is 2. The van der Waals surface area contributed by atoms with Crippen molar-refractivity contribution in [3.8, 4) is 0 Å². The predicted molar refractivity (Wildman–Crippen MR) is 95.4 cm³/mol. The van der Waals surface area contributed by atoms with E-state index in [9.17, 15) is 4.79 Å². The summed E-state index contributed by atoms with van der Waals surface area (Å²) in [5.74, 6) is 0.962. The van der Waals surface area contributed by atoms with Crippen molar-refractivity contribution in [2.75, 3.05) is 18.8 Å². The first kappa shape index (κ1) is 17.4. The Labute approximate surface area is 139 Å². The molecule has 1 aromatic carbocycles. The van der Waals surface area contributed by atoms with Gasteiger partial charge in [-0.2, -0.15) is 12.6 Å². The molecule has 1 aliphatic rings. The van der Waals surface area contributed by atoms with Gasteiger partial charge in [-0.25, -0.2) is 0 Å². The predicted octanol–water partition coefficient (Wildman–Crippen LogP) is 3.09. The minimum atomic E-state index is 0.183. The van der Waals surface area contributed by atoms with Gasteiger partial charge in [0.1, 0.15) is 0 Å². The Balaban J connectivity index is 1.79. The lowest BCUT2D eigenvalue weighted by Crippen LogP contribution is -2.44. The molecule has 1 heterocycles.